The molecule has 18 heavy (non-hydrogen) atoms. The van der Waals surface area contributed by atoms with E-state index in [-0.39, 0.29) is 0 Å². The minimum absolute atomic E-state index is 0.332. The summed E-state index contributed by atoms with van der Waals surface area (Å²) in [6.07, 6.45) is 2.94. The van der Waals surface area contributed by atoms with Crippen molar-refractivity contribution >= 4 is 22.8 Å². The average molecular weight is 259 g/mol. The second-order valence-electron chi connectivity index (χ2n) is 4.41. The highest BCUT2D eigenvalue weighted by Crippen LogP contribution is 2.11. The van der Waals surface area contributed by atoms with Gasteiger partial charge < -0.3 is 5.73 Å². The molecule has 94 valence electrons. The molecule has 0 saturated carbocycles. The predicted octanol–water partition coefficient (Wildman–Crippen LogP) is 3.46. The summed E-state index contributed by atoms with van der Waals surface area (Å²) in [5, 5.41) is 4.15. The van der Waals surface area contributed by atoms with E-state index in [9.17, 15) is 4.79 Å². The zero-order valence-electron chi connectivity index (χ0n) is 10.3. The minimum atomic E-state index is 0.332. The molecule has 0 aliphatic rings. The third kappa shape index (κ3) is 4.00. The molecule has 0 radical (unpaired) electrons. The van der Waals surface area contributed by atoms with E-state index in [1.165, 1.54) is 11.1 Å². The molecule has 0 fully saturated rings. The quantitative estimate of drug-likeness (QED) is 0.807. The van der Waals surface area contributed by atoms with Crippen LogP contribution in [0, 0.1) is 0 Å². The second-order valence-corrected chi connectivity index (χ2v) is 5.19. The van der Waals surface area contributed by atoms with Gasteiger partial charge in [-0.2, -0.15) is 11.3 Å². The summed E-state index contributed by atoms with van der Waals surface area (Å²) >= 11 is 1.68. The normalized spacial score (nSPS) is 10.4. The van der Waals surface area contributed by atoms with Crippen LogP contribution < -0.4 is 5.73 Å². The number of carbonyl (C=O) groups excluding carboxylic acids is 1. The molecule has 0 atom stereocenters. The molecule has 0 bridgehead atoms. The fourth-order valence-corrected chi connectivity index (χ4v) is 2.51. The first-order valence-corrected chi connectivity index (χ1v) is 7.05. The van der Waals surface area contributed by atoms with E-state index in [0.717, 1.165) is 18.5 Å². The number of nitrogen functional groups attached to an aromatic ring is 1. The van der Waals surface area contributed by atoms with Gasteiger partial charge in [0.25, 0.3) is 0 Å². The van der Waals surface area contributed by atoms with Crippen LogP contribution in [-0.4, -0.2) is 5.78 Å². The number of aryl methyl sites for hydroxylation is 2. The maximum Gasteiger partial charge on any atom is 0.133 e. The number of Topliss-reactive ketones (excluding diaryl/α,β-unsaturated/α-hetero) is 1. The smallest absolute Gasteiger partial charge is 0.133 e. The molecule has 0 saturated heterocycles. The van der Waals surface area contributed by atoms with Gasteiger partial charge in [-0.15, -0.1) is 0 Å². The highest BCUT2D eigenvalue weighted by atomic mass is 32.1. The lowest BCUT2D eigenvalue weighted by Gasteiger charge is -2.02. The molecule has 0 spiro atoms. The number of benzene rings is 1. The van der Waals surface area contributed by atoms with Crippen molar-refractivity contribution in [2.75, 3.05) is 5.73 Å². The molecule has 0 amide bonds. The van der Waals surface area contributed by atoms with Gasteiger partial charge in [-0.05, 0) is 52.9 Å². The van der Waals surface area contributed by atoms with Crippen molar-refractivity contribution in [2.24, 2.45) is 0 Å². The van der Waals surface area contributed by atoms with Crippen LogP contribution in [0.2, 0.25) is 0 Å². The van der Waals surface area contributed by atoms with E-state index >= 15 is 0 Å². The number of rotatable bonds is 6. The molecule has 1 aromatic carbocycles. The molecule has 1 aromatic heterocycles. The fraction of sp³-hybridized carbons (Fsp3) is 0.267. The van der Waals surface area contributed by atoms with Crippen LogP contribution in [0.5, 0.6) is 0 Å². The molecule has 0 unspecified atom stereocenters. The minimum Gasteiger partial charge on any atom is -0.399 e. The highest BCUT2D eigenvalue weighted by Gasteiger charge is 2.04. The topological polar surface area (TPSA) is 43.1 Å². The van der Waals surface area contributed by atoms with E-state index in [1.54, 1.807) is 11.3 Å². The Labute approximate surface area is 111 Å². The first-order chi connectivity index (χ1) is 8.74. The number of nitrogens with two attached hydrogens (primary N) is 1. The molecule has 2 N–H and O–H groups in total. The maximum atomic E-state index is 11.8. The Morgan fingerprint density at radius 2 is 1.67 bits per heavy atom. The van der Waals surface area contributed by atoms with Crippen LogP contribution >= 0.6 is 11.3 Å². The average Bonchev–Trinajstić information content (AvgIpc) is 2.89. The Morgan fingerprint density at radius 1 is 1.00 bits per heavy atom. The van der Waals surface area contributed by atoms with Crippen LogP contribution in [0.1, 0.15) is 24.0 Å². The van der Waals surface area contributed by atoms with Gasteiger partial charge in [0.15, 0.2) is 0 Å². The third-order valence-electron chi connectivity index (χ3n) is 2.94. The van der Waals surface area contributed by atoms with Gasteiger partial charge in [0.2, 0.25) is 0 Å². The zero-order valence-corrected chi connectivity index (χ0v) is 11.1. The number of ketones is 1. The van der Waals surface area contributed by atoms with Crippen molar-refractivity contribution < 1.29 is 4.79 Å². The molecular formula is C15H17NOS. The van der Waals surface area contributed by atoms with Gasteiger partial charge in [-0.25, -0.2) is 0 Å². The summed E-state index contributed by atoms with van der Waals surface area (Å²) in [6, 6.07) is 9.82. The molecule has 2 rings (SSSR count). The van der Waals surface area contributed by atoms with Crippen LogP contribution in [0.4, 0.5) is 5.69 Å². The van der Waals surface area contributed by atoms with Gasteiger partial charge in [0.05, 0.1) is 0 Å². The maximum absolute atomic E-state index is 11.8. The third-order valence-corrected chi connectivity index (χ3v) is 3.68. The lowest BCUT2D eigenvalue weighted by Crippen LogP contribution is -2.01. The molecule has 3 heteroatoms. The first kappa shape index (κ1) is 12.8. The van der Waals surface area contributed by atoms with Crippen LogP contribution in [0.3, 0.4) is 0 Å². The van der Waals surface area contributed by atoms with E-state index in [1.807, 2.05) is 29.6 Å². The molecule has 2 nitrogen and oxygen atoms in total. The van der Waals surface area contributed by atoms with Crippen molar-refractivity contribution in [3.05, 3.63) is 52.2 Å². The number of anilines is 1. The van der Waals surface area contributed by atoms with Crippen LogP contribution in [-0.2, 0) is 17.6 Å². The van der Waals surface area contributed by atoms with E-state index in [2.05, 4.69) is 11.4 Å². The van der Waals surface area contributed by atoms with Crippen molar-refractivity contribution in [3.8, 4) is 0 Å². The summed E-state index contributed by atoms with van der Waals surface area (Å²) < 4.78 is 0. The molecule has 0 aliphatic carbocycles. The lowest BCUT2D eigenvalue weighted by molar-refractivity contribution is -0.119. The van der Waals surface area contributed by atoms with Gasteiger partial charge in [-0.1, -0.05) is 12.1 Å². The highest BCUT2D eigenvalue weighted by molar-refractivity contribution is 7.07. The number of hydrogen-bond acceptors (Lipinski definition) is 3. The summed E-state index contributed by atoms with van der Waals surface area (Å²) in [5.41, 5.74) is 8.82. The Morgan fingerprint density at radius 3 is 2.28 bits per heavy atom. The lowest BCUT2D eigenvalue weighted by atomic mass is 10.0. The Bertz CT molecular complexity index is 488. The molecule has 1 heterocycles. The predicted molar refractivity (Wildman–Crippen MR) is 76.8 cm³/mol. The van der Waals surface area contributed by atoms with Crippen molar-refractivity contribution in [1.82, 2.24) is 0 Å². The molecular weight excluding hydrogens is 242 g/mol. The van der Waals surface area contributed by atoms with Gasteiger partial charge >= 0.3 is 0 Å². The van der Waals surface area contributed by atoms with Crippen molar-refractivity contribution in [2.45, 2.75) is 25.7 Å². The number of carbonyl (C=O) groups is 1. The van der Waals surface area contributed by atoms with Gasteiger partial charge in [0, 0.05) is 18.5 Å². The number of hydrogen-bond donors (Lipinski definition) is 1. The molecule has 2 aromatic rings. The summed E-state index contributed by atoms with van der Waals surface area (Å²) in [5.74, 6) is 0.332. The first-order valence-electron chi connectivity index (χ1n) is 6.11. The monoisotopic (exact) mass is 259 g/mol. The standard InChI is InChI=1S/C15H17NOS/c16-14-5-1-12(2-6-14)3-7-15(17)8-4-13-9-10-18-11-13/h1-2,5-6,9-11H,3-4,7-8,16H2. The summed E-state index contributed by atoms with van der Waals surface area (Å²) in [7, 11) is 0. The summed E-state index contributed by atoms with van der Waals surface area (Å²) in [4.78, 5) is 11.8. The van der Waals surface area contributed by atoms with Crippen LogP contribution in [0.15, 0.2) is 41.1 Å². The SMILES string of the molecule is Nc1ccc(CCC(=O)CCc2ccsc2)cc1. The van der Waals surface area contributed by atoms with E-state index < -0.39 is 0 Å². The van der Waals surface area contributed by atoms with Crippen molar-refractivity contribution in [3.63, 3.8) is 0 Å². The fourth-order valence-electron chi connectivity index (χ4n) is 1.81. The second kappa shape index (κ2) is 6.36. The van der Waals surface area contributed by atoms with Crippen molar-refractivity contribution in [1.29, 1.82) is 0 Å². The largest absolute Gasteiger partial charge is 0.399 e. The van der Waals surface area contributed by atoms with Crippen LogP contribution in [0.25, 0.3) is 0 Å². The van der Waals surface area contributed by atoms with Gasteiger partial charge in [0.1, 0.15) is 5.78 Å². The van der Waals surface area contributed by atoms with Gasteiger partial charge in [-0.3, -0.25) is 4.79 Å². The number of thiophene rings is 1. The van der Waals surface area contributed by atoms with E-state index in [0.29, 0.717) is 18.6 Å². The molecule has 0 aliphatic heterocycles. The Balaban J connectivity index is 1.73. The Kier molecular flexibility index (Phi) is 4.53. The Hall–Kier alpha value is -1.61. The zero-order chi connectivity index (χ0) is 12.8. The summed E-state index contributed by atoms with van der Waals surface area (Å²) in [6.45, 7) is 0. The van der Waals surface area contributed by atoms with E-state index in [4.69, 9.17) is 5.73 Å².